The molecule has 9 nitrogen and oxygen atoms in total. The van der Waals surface area contributed by atoms with Gasteiger partial charge in [0, 0.05) is 16.6 Å². The number of halogens is 1. The number of likely N-dealkylation sites (tertiary alicyclic amines) is 1. The lowest BCUT2D eigenvalue weighted by atomic mass is 10.2. The minimum Gasteiger partial charge on any atom is -0.465 e. The molecule has 29 heavy (non-hydrogen) atoms. The quantitative estimate of drug-likeness (QED) is 0.613. The van der Waals surface area contributed by atoms with Gasteiger partial charge in [-0.25, -0.2) is 4.79 Å². The van der Waals surface area contributed by atoms with Crippen LogP contribution in [-0.2, 0) is 14.3 Å². The van der Waals surface area contributed by atoms with E-state index in [4.69, 9.17) is 4.74 Å². The van der Waals surface area contributed by atoms with E-state index in [0.29, 0.717) is 29.5 Å². The fraction of sp³-hybridized carbons (Fsp3) is 0.389. The predicted octanol–water partition coefficient (Wildman–Crippen LogP) is 2.64. The summed E-state index contributed by atoms with van der Waals surface area (Å²) in [7, 11) is 0. The van der Waals surface area contributed by atoms with E-state index in [0.717, 1.165) is 10.0 Å². The van der Waals surface area contributed by atoms with Crippen LogP contribution in [0.3, 0.4) is 0 Å². The first-order valence-corrected chi connectivity index (χ1v) is 10.7. The first-order chi connectivity index (χ1) is 14.0. The van der Waals surface area contributed by atoms with Crippen molar-refractivity contribution in [3.8, 4) is 10.6 Å². The fourth-order valence-corrected chi connectivity index (χ4v) is 3.93. The topological polar surface area (TPSA) is 114 Å². The highest BCUT2D eigenvalue weighted by Crippen LogP contribution is 2.28. The monoisotopic (exact) mass is 481 g/mol. The van der Waals surface area contributed by atoms with E-state index in [1.807, 2.05) is 24.3 Å². The van der Waals surface area contributed by atoms with E-state index >= 15 is 0 Å². The number of urea groups is 1. The van der Waals surface area contributed by atoms with E-state index in [-0.39, 0.29) is 19.1 Å². The van der Waals surface area contributed by atoms with Crippen LogP contribution in [0.15, 0.2) is 28.7 Å². The van der Waals surface area contributed by atoms with Crippen LogP contribution in [0, 0.1) is 0 Å². The molecule has 2 heterocycles. The van der Waals surface area contributed by atoms with Crippen LogP contribution >= 0.6 is 27.3 Å². The Labute approximate surface area is 180 Å². The van der Waals surface area contributed by atoms with Gasteiger partial charge in [-0.05, 0) is 31.9 Å². The minimum absolute atomic E-state index is 0.232. The van der Waals surface area contributed by atoms with Crippen molar-refractivity contribution in [1.82, 2.24) is 20.4 Å². The molecule has 1 fully saturated rings. The zero-order valence-electron chi connectivity index (χ0n) is 15.7. The molecule has 2 aromatic rings. The summed E-state index contributed by atoms with van der Waals surface area (Å²) in [5.41, 5.74) is 0.895. The smallest absolute Gasteiger partial charge is 0.325 e. The van der Waals surface area contributed by atoms with Crippen LogP contribution in [-0.4, -0.2) is 58.7 Å². The normalized spacial score (nSPS) is 15.8. The summed E-state index contributed by atoms with van der Waals surface area (Å²) in [6.07, 6.45) is 1.24. The zero-order valence-corrected chi connectivity index (χ0v) is 18.1. The molecule has 0 saturated carbocycles. The Morgan fingerprint density at radius 3 is 2.76 bits per heavy atom. The van der Waals surface area contributed by atoms with Gasteiger partial charge in [0.05, 0.1) is 6.61 Å². The number of amides is 3. The van der Waals surface area contributed by atoms with Crippen molar-refractivity contribution in [2.24, 2.45) is 0 Å². The van der Waals surface area contributed by atoms with Crippen molar-refractivity contribution in [1.29, 1.82) is 0 Å². The van der Waals surface area contributed by atoms with E-state index in [9.17, 15) is 14.4 Å². The molecule has 1 aliphatic rings. The number of hydrogen-bond donors (Lipinski definition) is 2. The van der Waals surface area contributed by atoms with Crippen molar-refractivity contribution in [2.45, 2.75) is 25.8 Å². The van der Waals surface area contributed by atoms with Crippen LogP contribution < -0.4 is 10.6 Å². The Morgan fingerprint density at radius 1 is 1.28 bits per heavy atom. The molecule has 3 rings (SSSR count). The predicted molar refractivity (Wildman–Crippen MR) is 111 cm³/mol. The van der Waals surface area contributed by atoms with E-state index in [1.165, 1.54) is 16.2 Å². The maximum absolute atomic E-state index is 12.7. The van der Waals surface area contributed by atoms with Crippen molar-refractivity contribution in [3.63, 3.8) is 0 Å². The van der Waals surface area contributed by atoms with E-state index < -0.39 is 18.0 Å². The van der Waals surface area contributed by atoms with Gasteiger partial charge in [-0.1, -0.05) is 39.4 Å². The number of carbonyl (C=O) groups is 3. The highest BCUT2D eigenvalue weighted by molar-refractivity contribution is 9.10. The van der Waals surface area contributed by atoms with Crippen molar-refractivity contribution >= 4 is 50.3 Å². The van der Waals surface area contributed by atoms with Gasteiger partial charge in [0.25, 0.3) is 0 Å². The Kier molecular flexibility index (Phi) is 7.15. The van der Waals surface area contributed by atoms with Gasteiger partial charge < -0.3 is 15.0 Å². The van der Waals surface area contributed by atoms with Gasteiger partial charge in [-0.2, -0.15) is 0 Å². The van der Waals surface area contributed by atoms with Crippen LogP contribution in [0.25, 0.3) is 10.6 Å². The number of nitrogens with one attached hydrogen (secondary N) is 2. The molecule has 0 radical (unpaired) electrons. The van der Waals surface area contributed by atoms with Gasteiger partial charge in [0.15, 0.2) is 0 Å². The largest absolute Gasteiger partial charge is 0.465 e. The molecule has 3 amide bonds. The second-order valence-electron chi connectivity index (χ2n) is 6.22. The lowest BCUT2D eigenvalue weighted by Gasteiger charge is -2.23. The summed E-state index contributed by atoms with van der Waals surface area (Å²) in [5, 5.41) is 14.4. The van der Waals surface area contributed by atoms with Crippen LogP contribution in [0.5, 0.6) is 0 Å². The lowest BCUT2D eigenvalue weighted by Crippen LogP contribution is -2.48. The average molecular weight is 482 g/mol. The van der Waals surface area contributed by atoms with E-state index in [2.05, 4.69) is 36.8 Å². The fourth-order valence-electron chi connectivity index (χ4n) is 2.92. The molecule has 1 aliphatic heterocycles. The molecule has 0 bridgehead atoms. The van der Waals surface area contributed by atoms with Gasteiger partial charge in [-0.3, -0.25) is 14.9 Å². The molecule has 154 valence electrons. The molecule has 2 N–H and O–H groups in total. The van der Waals surface area contributed by atoms with E-state index in [1.54, 1.807) is 6.92 Å². The second-order valence-corrected chi connectivity index (χ2v) is 8.12. The molecule has 1 saturated heterocycles. The van der Waals surface area contributed by atoms with Gasteiger partial charge in [0.1, 0.15) is 17.6 Å². The lowest BCUT2D eigenvalue weighted by molar-refractivity contribution is -0.141. The Balaban J connectivity index is 1.59. The molecule has 1 aromatic carbocycles. The summed E-state index contributed by atoms with van der Waals surface area (Å²) < 4.78 is 5.75. The maximum atomic E-state index is 12.7. The second kappa shape index (κ2) is 9.79. The third-order valence-electron chi connectivity index (χ3n) is 4.25. The van der Waals surface area contributed by atoms with Gasteiger partial charge in [0.2, 0.25) is 11.0 Å². The third kappa shape index (κ3) is 5.51. The summed E-state index contributed by atoms with van der Waals surface area (Å²) in [4.78, 5) is 37.8. The SMILES string of the molecule is CCOC(=O)CNC(=O)N1CCCC1C(=O)Nc1nnc(-c2ccc(Br)cc2)s1. The molecule has 1 aromatic heterocycles. The number of ether oxygens (including phenoxy) is 1. The molecule has 11 heteroatoms. The van der Waals surface area contributed by atoms with Crippen LogP contribution in [0.1, 0.15) is 19.8 Å². The van der Waals surface area contributed by atoms with Crippen LogP contribution in [0.2, 0.25) is 0 Å². The third-order valence-corrected chi connectivity index (χ3v) is 5.67. The summed E-state index contributed by atoms with van der Waals surface area (Å²) in [5.74, 6) is -0.845. The number of aromatic nitrogens is 2. The standard InChI is InChI=1S/C18H20BrN5O4S/c1-2-28-14(25)10-20-18(27)24-9-3-4-13(24)15(26)21-17-23-22-16(29-17)11-5-7-12(19)8-6-11/h5-8,13H,2-4,9-10H2,1H3,(H,20,27)(H,21,23,26). The van der Waals surface area contributed by atoms with Gasteiger partial charge >= 0.3 is 12.0 Å². The number of rotatable bonds is 6. The number of esters is 1. The molecule has 1 unspecified atom stereocenters. The summed E-state index contributed by atoms with van der Waals surface area (Å²) >= 11 is 4.64. The molecule has 0 spiro atoms. The molecule has 1 atom stereocenters. The van der Waals surface area contributed by atoms with Crippen molar-refractivity contribution in [2.75, 3.05) is 25.0 Å². The first kappa shape index (κ1) is 21.2. The maximum Gasteiger partial charge on any atom is 0.325 e. The van der Waals surface area contributed by atoms with Crippen LogP contribution in [0.4, 0.5) is 9.93 Å². The van der Waals surface area contributed by atoms with Crippen molar-refractivity contribution < 1.29 is 19.1 Å². The molecule has 0 aliphatic carbocycles. The number of benzene rings is 1. The molecular formula is C18H20BrN5O4S. The average Bonchev–Trinajstić information content (AvgIpc) is 3.36. The Hall–Kier alpha value is -2.53. The molecular weight excluding hydrogens is 462 g/mol. The minimum atomic E-state index is -0.628. The number of carbonyl (C=O) groups excluding carboxylic acids is 3. The summed E-state index contributed by atoms with van der Waals surface area (Å²) in [6.45, 7) is 2.14. The number of hydrogen-bond acceptors (Lipinski definition) is 7. The summed E-state index contributed by atoms with van der Waals surface area (Å²) in [6, 6.07) is 6.52. The Bertz CT molecular complexity index is 889. The Morgan fingerprint density at radius 2 is 2.03 bits per heavy atom. The number of anilines is 1. The first-order valence-electron chi connectivity index (χ1n) is 9.08. The number of nitrogens with zero attached hydrogens (tertiary/aromatic N) is 3. The van der Waals surface area contributed by atoms with Crippen molar-refractivity contribution in [3.05, 3.63) is 28.7 Å². The highest BCUT2D eigenvalue weighted by Gasteiger charge is 2.34. The van der Waals surface area contributed by atoms with Gasteiger partial charge in [-0.15, -0.1) is 10.2 Å². The zero-order chi connectivity index (χ0) is 20.8. The highest BCUT2D eigenvalue weighted by atomic mass is 79.9.